The van der Waals surface area contributed by atoms with Gasteiger partial charge in [-0.3, -0.25) is 14.2 Å². The summed E-state index contributed by atoms with van der Waals surface area (Å²) >= 11 is 9.07. The van der Waals surface area contributed by atoms with E-state index in [1.165, 1.54) is 17.1 Å². The molecule has 0 bridgehead atoms. The van der Waals surface area contributed by atoms with Crippen LogP contribution in [0.1, 0.15) is 6.42 Å². The van der Waals surface area contributed by atoms with E-state index < -0.39 is 0 Å². The predicted molar refractivity (Wildman–Crippen MR) is 85.3 cm³/mol. The molecule has 3 N–H and O–H groups in total. The topological polar surface area (TPSA) is 90.0 Å². The van der Waals surface area contributed by atoms with E-state index in [0.29, 0.717) is 20.9 Å². The summed E-state index contributed by atoms with van der Waals surface area (Å²) in [6.07, 6.45) is 2.92. The van der Waals surface area contributed by atoms with Gasteiger partial charge in [-0.25, -0.2) is 4.98 Å². The molecule has 8 heteroatoms. The highest BCUT2D eigenvalue weighted by Gasteiger charge is 2.08. The lowest BCUT2D eigenvalue weighted by Gasteiger charge is -2.09. The second-order valence-electron chi connectivity index (χ2n) is 4.28. The Morgan fingerprint density at radius 2 is 2.24 bits per heavy atom. The van der Waals surface area contributed by atoms with E-state index >= 15 is 0 Å². The Morgan fingerprint density at radius 3 is 2.95 bits per heavy atom. The molecule has 1 aromatic heterocycles. The number of rotatable bonds is 4. The smallest absolute Gasteiger partial charge is 0.267 e. The number of halogens is 2. The fraction of sp³-hybridized carbons (Fsp3) is 0.154. The van der Waals surface area contributed by atoms with E-state index in [0.717, 1.165) is 0 Å². The SMILES string of the molecule is Nc1ccc(NC(=O)CCn2cncc(Br)c2=O)c(Cl)c1. The van der Waals surface area contributed by atoms with E-state index in [-0.39, 0.29) is 24.4 Å². The quantitative estimate of drug-likeness (QED) is 0.807. The molecule has 0 saturated carbocycles. The summed E-state index contributed by atoms with van der Waals surface area (Å²) in [5.41, 5.74) is 6.34. The van der Waals surface area contributed by atoms with E-state index in [1.54, 1.807) is 18.2 Å². The van der Waals surface area contributed by atoms with E-state index in [1.807, 2.05) is 0 Å². The molecule has 0 fully saturated rings. The molecule has 110 valence electrons. The standard InChI is InChI=1S/C13H12BrClN4O2/c14-9-6-17-7-19(13(9)21)4-3-12(20)18-11-2-1-8(16)5-10(11)15/h1-2,5-7H,3-4,16H2,(H,18,20). The zero-order chi connectivity index (χ0) is 15.4. The molecule has 0 spiro atoms. The van der Waals surface area contributed by atoms with Crippen molar-refractivity contribution in [1.82, 2.24) is 9.55 Å². The molecule has 2 aromatic rings. The lowest BCUT2D eigenvalue weighted by Crippen LogP contribution is -2.23. The Kier molecular flexibility index (Phi) is 4.98. The minimum atomic E-state index is -0.256. The van der Waals surface area contributed by atoms with Crippen LogP contribution in [0.2, 0.25) is 5.02 Å². The van der Waals surface area contributed by atoms with Crippen molar-refractivity contribution in [2.45, 2.75) is 13.0 Å². The third kappa shape index (κ3) is 4.05. The number of anilines is 2. The summed E-state index contributed by atoms with van der Waals surface area (Å²) < 4.78 is 1.71. The maximum Gasteiger partial charge on any atom is 0.267 e. The number of nitrogen functional groups attached to an aromatic ring is 1. The fourth-order valence-electron chi connectivity index (χ4n) is 1.65. The second-order valence-corrected chi connectivity index (χ2v) is 5.54. The number of nitrogens with one attached hydrogen (secondary N) is 1. The Morgan fingerprint density at radius 1 is 1.48 bits per heavy atom. The van der Waals surface area contributed by atoms with E-state index in [4.69, 9.17) is 17.3 Å². The lowest BCUT2D eigenvalue weighted by atomic mass is 10.2. The van der Waals surface area contributed by atoms with Crippen molar-refractivity contribution in [2.75, 3.05) is 11.1 Å². The average molecular weight is 372 g/mol. The molecule has 0 radical (unpaired) electrons. The van der Waals surface area contributed by atoms with Crippen molar-refractivity contribution in [3.05, 3.63) is 50.6 Å². The van der Waals surface area contributed by atoms with Gasteiger partial charge in [-0.15, -0.1) is 0 Å². The number of benzene rings is 1. The molecule has 0 atom stereocenters. The van der Waals surface area contributed by atoms with Gasteiger partial charge in [-0.2, -0.15) is 0 Å². The van der Waals surface area contributed by atoms with Crippen LogP contribution in [0.25, 0.3) is 0 Å². The first-order chi connectivity index (χ1) is 9.97. The van der Waals surface area contributed by atoms with Crippen LogP contribution < -0.4 is 16.6 Å². The number of carbonyl (C=O) groups excluding carboxylic acids is 1. The van der Waals surface area contributed by atoms with Crippen LogP contribution >= 0.6 is 27.5 Å². The fourth-order valence-corrected chi connectivity index (χ4v) is 2.23. The Bertz CT molecular complexity index is 732. The van der Waals surface area contributed by atoms with Crippen molar-refractivity contribution in [3.8, 4) is 0 Å². The minimum absolute atomic E-state index is 0.124. The first kappa shape index (κ1) is 15.5. The largest absolute Gasteiger partial charge is 0.399 e. The maximum atomic E-state index is 11.9. The predicted octanol–water partition coefficient (Wildman–Crippen LogP) is 2.27. The highest BCUT2D eigenvalue weighted by atomic mass is 79.9. The molecule has 1 heterocycles. The number of aryl methyl sites for hydroxylation is 1. The Labute approximate surface area is 134 Å². The number of aromatic nitrogens is 2. The number of nitrogens with two attached hydrogens (primary N) is 1. The number of hydrogen-bond donors (Lipinski definition) is 2. The molecule has 0 aliphatic carbocycles. The average Bonchev–Trinajstić information content (AvgIpc) is 2.43. The molecule has 1 amide bonds. The third-order valence-corrected chi connectivity index (χ3v) is 3.56. The van der Waals surface area contributed by atoms with Crippen LogP contribution in [0.4, 0.5) is 11.4 Å². The summed E-state index contributed by atoms with van der Waals surface area (Å²) in [6.45, 7) is 0.226. The van der Waals surface area contributed by atoms with Gasteiger partial charge in [0.05, 0.1) is 17.0 Å². The van der Waals surface area contributed by atoms with Gasteiger partial charge < -0.3 is 11.1 Å². The normalized spacial score (nSPS) is 10.4. The van der Waals surface area contributed by atoms with Gasteiger partial charge in [0.2, 0.25) is 5.91 Å². The molecule has 0 saturated heterocycles. The monoisotopic (exact) mass is 370 g/mol. The van der Waals surface area contributed by atoms with Gasteiger partial charge in [0.1, 0.15) is 4.47 Å². The highest BCUT2D eigenvalue weighted by Crippen LogP contribution is 2.24. The van der Waals surface area contributed by atoms with Crippen LogP contribution in [-0.2, 0) is 11.3 Å². The van der Waals surface area contributed by atoms with Crippen LogP contribution in [-0.4, -0.2) is 15.5 Å². The lowest BCUT2D eigenvalue weighted by molar-refractivity contribution is -0.116. The Hall–Kier alpha value is -1.86. The van der Waals surface area contributed by atoms with Crippen LogP contribution in [0.15, 0.2) is 40.0 Å². The van der Waals surface area contributed by atoms with Gasteiger partial charge in [0, 0.05) is 24.8 Å². The van der Waals surface area contributed by atoms with Gasteiger partial charge in [0.15, 0.2) is 0 Å². The first-order valence-electron chi connectivity index (χ1n) is 6.02. The van der Waals surface area contributed by atoms with Gasteiger partial charge >= 0.3 is 0 Å². The van der Waals surface area contributed by atoms with Gasteiger partial charge in [-0.05, 0) is 34.1 Å². The number of hydrogen-bond acceptors (Lipinski definition) is 4. The second kappa shape index (κ2) is 6.73. The van der Waals surface area contributed by atoms with E-state index in [9.17, 15) is 9.59 Å². The summed E-state index contributed by atoms with van der Waals surface area (Å²) in [6, 6.07) is 4.83. The molecule has 0 aliphatic heterocycles. The summed E-state index contributed by atoms with van der Waals surface area (Å²) in [7, 11) is 0. The number of nitrogens with zero attached hydrogens (tertiary/aromatic N) is 2. The number of carbonyl (C=O) groups is 1. The first-order valence-corrected chi connectivity index (χ1v) is 7.19. The van der Waals surface area contributed by atoms with Crippen molar-refractivity contribution < 1.29 is 4.79 Å². The van der Waals surface area contributed by atoms with Crippen molar-refractivity contribution >= 4 is 44.8 Å². The molecule has 2 rings (SSSR count). The van der Waals surface area contributed by atoms with Crippen LogP contribution in [0.5, 0.6) is 0 Å². The molecule has 6 nitrogen and oxygen atoms in total. The molecule has 0 unspecified atom stereocenters. The zero-order valence-corrected chi connectivity index (χ0v) is 13.2. The van der Waals surface area contributed by atoms with Crippen molar-refractivity contribution in [2.24, 2.45) is 0 Å². The summed E-state index contributed by atoms with van der Waals surface area (Å²) in [5, 5.41) is 3.03. The third-order valence-electron chi connectivity index (χ3n) is 2.71. The highest BCUT2D eigenvalue weighted by molar-refractivity contribution is 9.10. The van der Waals surface area contributed by atoms with Crippen molar-refractivity contribution in [1.29, 1.82) is 0 Å². The maximum absolute atomic E-state index is 11.9. The molecular weight excluding hydrogens is 360 g/mol. The van der Waals surface area contributed by atoms with E-state index in [2.05, 4.69) is 26.2 Å². The zero-order valence-electron chi connectivity index (χ0n) is 10.8. The minimum Gasteiger partial charge on any atom is -0.399 e. The van der Waals surface area contributed by atoms with Gasteiger partial charge in [-0.1, -0.05) is 11.6 Å². The number of amides is 1. The van der Waals surface area contributed by atoms with Gasteiger partial charge in [0.25, 0.3) is 5.56 Å². The van der Waals surface area contributed by atoms with Crippen LogP contribution in [0, 0.1) is 0 Å². The van der Waals surface area contributed by atoms with Crippen molar-refractivity contribution in [3.63, 3.8) is 0 Å². The summed E-state index contributed by atoms with van der Waals surface area (Å²) in [4.78, 5) is 27.5. The Balaban J connectivity index is 1.99. The molecule has 1 aromatic carbocycles. The van der Waals surface area contributed by atoms with Crippen LogP contribution in [0.3, 0.4) is 0 Å². The molecule has 21 heavy (non-hydrogen) atoms. The molecule has 0 aliphatic rings. The summed E-state index contributed by atoms with van der Waals surface area (Å²) in [5.74, 6) is -0.256. The molecular formula is C13H12BrClN4O2.